The first kappa shape index (κ1) is 32.9. The van der Waals surface area contributed by atoms with Crippen LogP contribution in [-0.2, 0) is 19.2 Å². The summed E-state index contributed by atoms with van der Waals surface area (Å²) >= 11 is 1.13. The van der Waals surface area contributed by atoms with Crippen LogP contribution in [0.3, 0.4) is 0 Å². The summed E-state index contributed by atoms with van der Waals surface area (Å²) in [7, 11) is 3.92. The summed E-state index contributed by atoms with van der Waals surface area (Å²) in [6.07, 6.45) is 0.968. The number of benzene rings is 2. The minimum Gasteiger partial charge on any atom is -0.480 e. The summed E-state index contributed by atoms with van der Waals surface area (Å²) in [5, 5.41) is 17.0. The lowest BCUT2D eigenvalue weighted by Gasteiger charge is -2.31. The molecule has 2 aromatic rings. The average Bonchev–Trinajstić information content (AvgIpc) is 3.44. The molecule has 42 heavy (non-hydrogen) atoms. The van der Waals surface area contributed by atoms with Crippen molar-refractivity contribution in [3.63, 3.8) is 0 Å². The van der Waals surface area contributed by atoms with Crippen molar-refractivity contribution in [1.82, 2.24) is 15.5 Å². The SMILES string of the molecule is CC([NH3+])C(=O)NC(C(=O)N1CCCC1C(=O)NC(CSCC(=O)c1ccc2cc(N(C)C)ccc2c1)C(=O)O)C(C)C. The van der Waals surface area contributed by atoms with Crippen LogP contribution in [0.25, 0.3) is 10.8 Å². The van der Waals surface area contributed by atoms with Gasteiger partial charge in [-0.15, -0.1) is 0 Å². The van der Waals surface area contributed by atoms with E-state index in [1.165, 1.54) is 4.90 Å². The zero-order valence-corrected chi connectivity index (χ0v) is 25.7. The lowest BCUT2D eigenvalue weighted by molar-refractivity contribution is -0.398. The molecule has 12 heteroatoms. The highest BCUT2D eigenvalue weighted by Gasteiger charge is 2.40. The molecule has 3 amide bonds. The number of likely N-dealkylation sites (tertiary alicyclic amines) is 1. The number of hydrogen-bond donors (Lipinski definition) is 4. The molecule has 0 saturated carbocycles. The number of amides is 3. The molecule has 1 aliphatic heterocycles. The molecule has 0 radical (unpaired) electrons. The number of aliphatic carboxylic acids is 1. The van der Waals surface area contributed by atoms with Gasteiger partial charge in [-0.3, -0.25) is 19.2 Å². The Morgan fingerprint density at radius 2 is 1.71 bits per heavy atom. The van der Waals surface area contributed by atoms with Crippen molar-refractivity contribution in [3.8, 4) is 0 Å². The molecule has 6 N–H and O–H groups in total. The Morgan fingerprint density at radius 1 is 1.05 bits per heavy atom. The fraction of sp³-hybridized carbons (Fsp3) is 0.500. The maximum atomic E-state index is 13.3. The fourth-order valence-electron chi connectivity index (χ4n) is 4.77. The number of carbonyl (C=O) groups is 5. The Balaban J connectivity index is 1.60. The van der Waals surface area contributed by atoms with Crippen molar-refractivity contribution < 1.29 is 34.8 Å². The normalized spacial score (nSPS) is 17.0. The van der Waals surface area contributed by atoms with Crippen LogP contribution in [-0.4, -0.2) is 95.8 Å². The van der Waals surface area contributed by atoms with E-state index in [1.807, 2.05) is 49.3 Å². The molecule has 3 rings (SSSR count). The van der Waals surface area contributed by atoms with Gasteiger partial charge < -0.3 is 31.3 Å². The predicted molar refractivity (Wildman–Crippen MR) is 163 cm³/mol. The van der Waals surface area contributed by atoms with Crippen molar-refractivity contribution in [2.45, 2.75) is 57.8 Å². The summed E-state index contributed by atoms with van der Waals surface area (Å²) in [6, 6.07) is 8.01. The van der Waals surface area contributed by atoms with Gasteiger partial charge in [0.15, 0.2) is 11.8 Å². The van der Waals surface area contributed by atoms with Crippen LogP contribution >= 0.6 is 11.8 Å². The molecule has 0 bridgehead atoms. The Kier molecular flexibility index (Phi) is 11.3. The molecular weight excluding hydrogens is 558 g/mol. The van der Waals surface area contributed by atoms with Gasteiger partial charge in [-0.25, -0.2) is 4.79 Å². The van der Waals surface area contributed by atoms with E-state index in [4.69, 9.17) is 0 Å². The Bertz CT molecular complexity index is 1330. The van der Waals surface area contributed by atoms with Crippen molar-refractivity contribution >= 4 is 57.7 Å². The first-order chi connectivity index (χ1) is 19.8. The number of nitrogens with zero attached hydrogens (tertiary/aromatic N) is 2. The smallest absolute Gasteiger partial charge is 0.327 e. The number of fused-ring (bicyclic) bond motifs is 1. The molecule has 0 aromatic heterocycles. The van der Waals surface area contributed by atoms with E-state index in [0.717, 1.165) is 28.2 Å². The number of nitrogens with one attached hydrogen (secondary N) is 2. The number of anilines is 1. The molecule has 4 unspecified atom stereocenters. The number of Topliss-reactive ketones (excluding diaryl/α,β-unsaturated/α-hetero) is 1. The number of hydrogen-bond acceptors (Lipinski definition) is 7. The summed E-state index contributed by atoms with van der Waals surface area (Å²) in [6.45, 7) is 5.57. The van der Waals surface area contributed by atoms with Gasteiger partial charge in [-0.2, -0.15) is 11.8 Å². The number of ketones is 1. The fourth-order valence-corrected chi connectivity index (χ4v) is 5.70. The van der Waals surface area contributed by atoms with Gasteiger partial charge in [-0.05, 0) is 54.7 Å². The molecule has 11 nitrogen and oxygen atoms in total. The van der Waals surface area contributed by atoms with Crippen molar-refractivity contribution in [2.75, 3.05) is 37.0 Å². The highest BCUT2D eigenvalue weighted by atomic mass is 32.2. The molecule has 0 aliphatic carbocycles. The van der Waals surface area contributed by atoms with E-state index in [9.17, 15) is 29.1 Å². The first-order valence-corrected chi connectivity index (χ1v) is 15.2. The number of thioether (sulfide) groups is 1. The van der Waals surface area contributed by atoms with E-state index in [0.29, 0.717) is 24.9 Å². The van der Waals surface area contributed by atoms with Gasteiger partial charge in [-0.1, -0.05) is 32.0 Å². The second-order valence-corrected chi connectivity index (χ2v) is 12.3. The molecule has 2 aromatic carbocycles. The van der Waals surface area contributed by atoms with Gasteiger partial charge in [0.25, 0.3) is 5.91 Å². The maximum absolute atomic E-state index is 13.3. The lowest BCUT2D eigenvalue weighted by atomic mass is 10.0. The van der Waals surface area contributed by atoms with Crippen LogP contribution in [0.15, 0.2) is 36.4 Å². The van der Waals surface area contributed by atoms with Gasteiger partial charge >= 0.3 is 5.97 Å². The molecule has 0 spiro atoms. The predicted octanol–water partition coefficient (Wildman–Crippen LogP) is 1.15. The van der Waals surface area contributed by atoms with Crippen LogP contribution in [0.5, 0.6) is 0 Å². The van der Waals surface area contributed by atoms with Gasteiger partial charge in [0, 0.05) is 37.6 Å². The molecule has 228 valence electrons. The minimum absolute atomic E-state index is 0.0146. The number of rotatable bonds is 13. The second-order valence-electron chi connectivity index (χ2n) is 11.3. The highest BCUT2D eigenvalue weighted by Crippen LogP contribution is 2.24. The maximum Gasteiger partial charge on any atom is 0.327 e. The van der Waals surface area contributed by atoms with Crippen LogP contribution in [0.2, 0.25) is 0 Å². The molecule has 1 fully saturated rings. The largest absolute Gasteiger partial charge is 0.480 e. The summed E-state index contributed by atoms with van der Waals surface area (Å²) in [5.74, 6) is -2.85. The van der Waals surface area contributed by atoms with E-state index in [2.05, 4.69) is 16.4 Å². The highest BCUT2D eigenvalue weighted by molar-refractivity contribution is 8.00. The van der Waals surface area contributed by atoms with Crippen molar-refractivity contribution in [1.29, 1.82) is 0 Å². The van der Waals surface area contributed by atoms with E-state index in [1.54, 1.807) is 26.8 Å². The third-order valence-electron chi connectivity index (χ3n) is 7.31. The molecule has 1 heterocycles. The number of carboxylic acids is 1. The van der Waals surface area contributed by atoms with Gasteiger partial charge in [0.1, 0.15) is 18.1 Å². The number of carboxylic acid groups (broad SMARTS) is 1. The van der Waals surface area contributed by atoms with E-state index in [-0.39, 0.29) is 35.0 Å². The molecule has 4 atom stereocenters. The topological polar surface area (TPSA) is 164 Å². The monoisotopic (exact) mass is 600 g/mol. The average molecular weight is 601 g/mol. The molecule has 1 aliphatic rings. The summed E-state index contributed by atoms with van der Waals surface area (Å²) < 4.78 is 0. The second kappa shape index (κ2) is 14.5. The van der Waals surface area contributed by atoms with Crippen molar-refractivity contribution in [3.05, 3.63) is 42.0 Å². The van der Waals surface area contributed by atoms with E-state index >= 15 is 0 Å². The van der Waals surface area contributed by atoms with Gasteiger partial charge in [0.2, 0.25) is 11.8 Å². The zero-order valence-electron chi connectivity index (χ0n) is 24.9. The quantitative estimate of drug-likeness (QED) is 0.249. The zero-order chi connectivity index (χ0) is 31.1. The Labute approximate surface area is 250 Å². The molecular formula is C30H42N5O6S+. The summed E-state index contributed by atoms with van der Waals surface area (Å²) in [4.78, 5) is 67.0. The standard InChI is InChI=1S/C30H41N5O6S/c1-17(2)26(33-27(37)18(3)31)29(39)35-12-6-7-24(35)28(38)32-23(30(40)41)15-42-16-25(36)21-9-8-20-14-22(34(4)5)11-10-19(20)13-21/h8-11,13-14,17-18,23-24,26H,6-7,12,15-16,31H2,1-5H3,(H,32,38)(H,33,37)(H,40,41)/p+1. The Morgan fingerprint density at radius 3 is 2.33 bits per heavy atom. The third-order valence-corrected chi connectivity index (χ3v) is 8.35. The third kappa shape index (κ3) is 8.22. The van der Waals surface area contributed by atoms with Crippen LogP contribution in [0.4, 0.5) is 5.69 Å². The van der Waals surface area contributed by atoms with Crippen LogP contribution < -0.4 is 21.3 Å². The number of carbonyl (C=O) groups excluding carboxylic acids is 4. The van der Waals surface area contributed by atoms with Crippen LogP contribution in [0.1, 0.15) is 44.0 Å². The lowest BCUT2D eigenvalue weighted by Crippen LogP contribution is -2.68. The first-order valence-electron chi connectivity index (χ1n) is 14.1. The minimum atomic E-state index is -1.23. The summed E-state index contributed by atoms with van der Waals surface area (Å²) in [5.41, 5.74) is 5.28. The molecule has 1 saturated heterocycles. The number of quaternary nitrogens is 1. The van der Waals surface area contributed by atoms with Gasteiger partial charge in [0.05, 0.1) is 5.75 Å². The van der Waals surface area contributed by atoms with E-state index < -0.39 is 36.0 Å². The van der Waals surface area contributed by atoms with Crippen LogP contribution in [0, 0.1) is 5.92 Å². The Hall–Kier alpha value is -3.64. The van der Waals surface area contributed by atoms with Crippen molar-refractivity contribution in [2.24, 2.45) is 5.92 Å².